The Balaban J connectivity index is 1.86. The van der Waals surface area contributed by atoms with E-state index in [2.05, 4.69) is 10.3 Å². The third-order valence-electron chi connectivity index (χ3n) is 4.11. The number of ether oxygens (including phenoxy) is 1. The zero-order valence-corrected chi connectivity index (χ0v) is 15.3. The smallest absolute Gasteiger partial charge is 0.307 e. The highest BCUT2D eigenvalue weighted by Gasteiger charge is 2.40. The third-order valence-corrected chi connectivity index (χ3v) is 4.11. The molecule has 8 nitrogen and oxygen atoms in total. The van der Waals surface area contributed by atoms with Gasteiger partial charge in [-0.2, -0.15) is 0 Å². The second kappa shape index (κ2) is 8.22. The lowest BCUT2D eigenvalue weighted by Crippen LogP contribution is -2.31. The molecule has 1 saturated heterocycles. The molecule has 0 radical (unpaired) electrons. The van der Waals surface area contributed by atoms with Crippen LogP contribution in [0, 0.1) is 17.8 Å². The zero-order valence-electron chi connectivity index (χ0n) is 15.3. The van der Waals surface area contributed by atoms with E-state index in [1.165, 1.54) is 9.58 Å². The number of esters is 1. The number of nitrogens with zero attached hydrogens (tertiary/aromatic N) is 4. The van der Waals surface area contributed by atoms with Gasteiger partial charge in [-0.25, -0.2) is 0 Å². The standard InChI is InChI=1S/C17H26N4O4/c1-11(2)10-25-16(23)5-6-20-8-13(18-19-20)9-21-15(22)7-14(12(3)4)17(21)24/h8,11-12,14H,5-7,9-10H2,1-4H3. The maximum absolute atomic E-state index is 12.3. The Labute approximate surface area is 147 Å². The van der Waals surface area contributed by atoms with Crippen molar-refractivity contribution in [2.24, 2.45) is 17.8 Å². The Kier molecular flexibility index (Phi) is 6.27. The van der Waals surface area contributed by atoms with Gasteiger partial charge in [0.25, 0.3) is 0 Å². The van der Waals surface area contributed by atoms with E-state index in [-0.39, 0.29) is 49.0 Å². The third kappa shape index (κ3) is 5.11. The molecule has 0 bridgehead atoms. The number of hydrogen-bond donors (Lipinski definition) is 0. The SMILES string of the molecule is CC(C)COC(=O)CCn1cc(CN2C(=O)CC(C(C)C)C2=O)nn1. The van der Waals surface area contributed by atoms with Gasteiger partial charge in [0.05, 0.1) is 32.3 Å². The summed E-state index contributed by atoms with van der Waals surface area (Å²) >= 11 is 0. The largest absolute Gasteiger partial charge is 0.465 e. The van der Waals surface area contributed by atoms with Gasteiger partial charge in [-0.3, -0.25) is 24.0 Å². The summed E-state index contributed by atoms with van der Waals surface area (Å²) in [5.41, 5.74) is 0.529. The van der Waals surface area contributed by atoms with Gasteiger partial charge in [0.2, 0.25) is 11.8 Å². The normalized spacial score (nSPS) is 17.8. The predicted octanol–water partition coefficient (Wildman–Crippen LogP) is 1.40. The molecule has 1 aliphatic rings. The number of rotatable bonds is 8. The van der Waals surface area contributed by atoms with Crippen LogP contribution in [0.4, 0.5) is 0 Å². The maximum atomic E-state index is 12.3. The molecule has 8 heteroatoms. The number of aromatic nitrogens is 3. The van der Waals surface area contributed by atoms with Crippen LogP contribution >= 0.6 is 0 Å². The summed E-state index contributed by atoms with van der Waals surface area (Å²) in [7, 11) is 0. The molecule has 25 heavy (non-hydrogen) atoms. The van der Waals surface area contributed by atoms with Crippen molar-refractivity contribution in [3.63, 3.8) is 0 Å². The van der Waals surface area contributed by atoms with E-state index in [4.69, 9.17) is 4.74 Å². The van der Waals surface area contributed by atoms with Gasteiger partial charge in [-0.1, -0.05) is 32.9 Å². The summed E-state index contributed by atoms with van der Waals surface area (Å²) in [6.45, 7) is 8.70. The van der Waals surface area contributed by atoms with Crippen LogP contribution in [0.25, 0.3) is 0 Å². The van der Waals surface area contributed by atoms with Crippen LogP contribution < -0.4 is 0 Å². The monoisotopic (exact) mass is 350 g/mol. The van der Waals surface area contributed by atoms with Gasteiger partial charge in [0.15, 0.2) is 0 Å². The Morgan fingerprint density at radius 3 is 2.64 bits per heavy atom. The summed E-state index contributed by atoms with van der Waals surface area (Å²) in [6.07, 6.45) is 2.11. The summed E-state index contributed by atoms with van der Waals surface area (Å²) in [5.74, 6) is -0.419. The van der Waals surface area contributed by atoms with Crippen molar-refractivity contribution in [1.82, 2.24) is 19.9 Å². The molecular formula is C17H26N4O4. The van der Waals surface area contributed by atoms with Crippen molar-refractivity contribution >= 4 is 17.8 Å². The molecule has 0 aromatic carbocycles. The number of amides is 2. The van der Waals surface area contributed by atoms with E-state index in [0.29, 0.717) is 24.8 Å². The molecule has 0 saturated carbocycles. The van der Waals surface area contributed by atoms with Crippen molar-refractivity contribution in [3.8, 4) is 0 Å². The van der Waals surface area contributed by atoms with Crippen molar-refractivity contribution in [2.45, 2.75) is 53.6 Å². The lowest BCUT2D eigenvalue weighted by Gasteiger charge is -2.14. The van der Waals surface area contributed by atoms with E-state index < -0.39 is 0 Å². The predicted molar refractivity (Wildman–Crippen MR) is 88.9 cm³/mol. The Morgan fingerprint density at radius 2 is 2.04 bits per heavy atom. The molecule has 1 unspecified atom stereocenters. The lowest BCUT2D eigenvalue weighted by atomic mass is 9.94. The first-order valence-corrected chi connectivity index (χ1v) is 8.66. The van der Waals surface area contributed by atoms with Crippen molar-refractivity contribution in [3.05, 3.63) is 11.9 Å². The van der Waals surface area contributed by atoms with Crippen LogP contribution in [0.3, 0.4) is 0 Å². The molecule has 2 heterocycles. The first-order valence-electron chi connectivity index (χ1n) is 8.66. The highest BCUT2D eigenvalue weighted by molar-refractivity contribution is 6.03. The highest BCUT2D eigenvalue weighted by atomic mass is 16.5. The fourth-order valence-electron chi connectivity index (χ4n) is 2.62. The fourth-order valence-corrected chi connectivity index (χ4v) is 2.62. The van der Waals surface area contributed by atoms with E-state index in [1.807, 2.05) is 27.7 Å². The summed E-state index contributed by atoms with van der Waals surface area (Å²) in [6, 6.07) is 0. The molecule has 0 spiro atoms. The minimum Gasteiger partial charge on any atom is -0.465 e. The molecule has 2 rings (SSSR count). The number of aryl methyl sites for hydroxylation is 1. The number of carbonyl (C=O) groups excluding carboxylic acids is 3. The van der Waals surface area contributed by atoms with Crippen LogP contribution in [0.2, 0.25) is 0 Å². The van der Waals surface area contributed by atoms with Crippen molar-refractivity contribution in [1.29, 1.82) is 0 Å². The highest BCUT2D eigenvalue weighted by Crippen LogP contribution is 2.27. The van der Waals surface area contributed by atoms with Gasteiger partial charge in [0, 0.05) is 12.3 Å². The molecule has 138 valence electrons. The molecule has 1 aromatic rings. The van der Waals surface area contributed by atoms with E-state index in [0.717, 1.165) is 0 Å². The maximum Gasteiger partial charge on any atom is 0.307 e. The molecule has 1 atom stereocenters. The Bertz CT molecular complexity index is 638. The molecule has 0 N–H and O–H groups in total. The molecule has 1 fully saturated rings. The van der Waals surface area contributed by atoms with Gasteiger partial charge in [0.1, 0.15) is 5.69 Å². The molecule has 0 aliphatic carbocycles. The number of likely N-dealkylation sites (tertiary alicyclic amines) is 1. The van der Waals surface area contributed by atoms with Crippen LogP contribution in [0.15, 0.2) is 6.20 Å². The number of carbonyl (C=O) groups is 3. The average Bonchev–Trinajstić information content (AvgIpc) is 3.10. The summed E-state index contributed by atoms with van der Waals surface area (Å²) in [5, 5.41) is 7.92. The molecule has 1 aromatic heterocycles. The second-order valence-corrected chi connectivity index (χ2v) is 7.17. The van der Waals surface area contributed by atoms with E-state index in [1.54, 1.807) is 6.20 Å². The minimum absolute atomic E-state index is 0.124. The van der Waals surface area contributed by atoms with Gasteiger partial charge in [-0.15, -0.1) is 5.10 Å². The molecular weight excluding hydrogens is 324 g/mol. The van der Waals surface area contributed by atoms with Gasteiger partial charge in [-0.05, 0) is 11.8 Å². The van der Waals surface area contributed by atoms with Crippen molar-refractivity contribution in [2.75, 3.05) is 6.61 Å². The van der Waals surface area contributed by atoms with E-state index >= 15 is 0 Å². The average molecular weight is 350 g/mol. The van der Waals surface area contributed by atoms with Crippen LogP contribution in [-0.2, 0) is 32.2 Å². The molecule has 2 amide bonds. The molecule has 1 aliphatic heterocycles. The number of imide groups is 1. The van der Waals surface area contributed by atoms with E-state index in [9.17, 15) is 14.4 Å². The zero-order chi connectivity index (χ0) is 18.6. The van der Waals surface area contributed by atoms with Crippen molar-refractivity contribution < 1.29 is 19.1 Å². The first kappa shape index (κ1) is 19.1. The summed E-state index contributed by atoms with van der Waals surface area (Å²) in [4.78, 5) is 37.2. The number of hydrogen-bond acceptors (Lipinski definition) is 6. The first-order chi connectivity index (χ1) is 11.8. The Morgan fingerprint density at radius 1 is 1.32 bits per heavy atom. The quantitative estimate of drug-likeness (QED) is 0.519. The minimum atomic E-state index is -0.282. The lowest BCUT2D eigenvalue weighted by molar-refractivity contribution is -0.145. The topological polar surface area (TPSA) is 94.4 Å². The van der Waals surface area contributed by atoms with Crippen LogP contribution in [-0.4, -0.2) is 44.3 Å². The second-order valence-electron chi connectivity index (χ2n) is 7.17. The van der Waals surface area contributed by atoms with Crippen LogP contribution in [0.1, 0.15) is 46.2 Å². The van der Waals surface area contributed by atoms with Gasteiger partial charge >= 0.3 is 5.97 Å². The van der Waals surface area contributed by atoms with Gasteiger partial charge < -0.3 is 4.74 Å². The Hall–Kier alpha value is -2.25. The summed E-state index contributed by atoms with van der Waals surface area (Å²) < 4.78 is 6.63. The fraction of sp³-hybridized carbons (Fsp3) is 0.706. The van der Waals surface area contributed by atoms with Crippen LogP contribution in [0.5, 0.6) is 0 Å².